The Morgan fingerprint density at radius 3 is 1.74 bits per heavy atom. The second kappa shape index (κ2) is 8.64. The van der Waals surface area contributed by atoms with Gasteiger partial charge in [-0.25, -0.2) is 0 Å². The Morgan fingerprint density at radius 2 is 1.05 bits per heavy atom. The lowest BCUT2D eigenvalue weighted by Gasteiger charge is -2.47. The Morgan fingerprint density at radius 1 is 0.500 bits per heavy atom. The summed E-state index contributed by atoms with van der Waals surface area (Å²) in [5.41, 5.74) is 8.14. The minimum atomic E-state index is -0.724. The lowest BCUT2D eigenvalue weighted by Crippen LogP contribution is -2.38. The van der Waals surface area contributed by atoms with Crippen molar-refractivity contribution in [2.75, 3.05) is 4.90 Å². The standard InChI is InChI=1S/C36H27NO/c1-25-28-16-6-5-13-26(28)23-24-29(25)36(32-19-9-12-22-35(32)38)30-17-7-10-20-33(30)37(27-14-3-2-4-15-27)34-21-11-8-18-31(34)36/h2-24,38H,1H3. The number of nitrogens with zero attached hydrogens (tertiary/aromatic N) is 1. The van der Waals surface area contributed by atoms with Crippen molar-refractivity contribution in [3.63, 3.8) is 0 Å². The van der Waals surface area contributed by atoms with Crippen LogP contribution in [0.3, 0.4) is 0 Å². The first kappa shape index (κ1) is 22.4. The topological polar surface area (TPSA) is 23.5 Å². The number of rotatable bonds is 3. The summed E-state index contributed by atoms with van der Waals surface area (Å²) in [6, 6.07) is 48.6. The van der Waals surface area contributed by atoms with Crippen molar-refractivity contribution in [3.05, 3.63) is 167 Å². The molecule has 7 rings (SSSR count). The average molecular weight is 490 g/mol. The van der Waals surface area contributed by atoms with Gasteiger partial charge in [-0.1, -0.05) is 109 Å². The van der Waals surface area contributed by atoms with Crippen LogP contribution < -0.4 is 4.90 Å². The van der Waals surface area contributed by atoms with Gasteiger partial charge in [0.25, 0.3) is 0 Å². The molecule has 1 aliphatic rings. The molecule has 0 amide bonds. The van der Waals surface area contributed by atoms with Crippen molar-refractivity contribution < 1.29 is 5.11 Å². The Kier molecular flexibility index (Phi) is 5.09. The number of phenolic OH excluding ortho intramolecular Hbond substituents is 1. The number of hydrogen-bond acceptors (Lipinski definition) is 2. The van der Waals surface area contributed by atoms with Gasteiger partial charge in [-0.15, -0.1) is 0 Å². The summed E-state index contributed by atoms with van der Waals surface area (Å²) in [7, 11) is 0. The number of para-hydroxylation sites is 4. The number of aryl methyl sites for hydroxylation is 1. The fourth-order valence-corrected chi connectivity index (χ4v) is 6.45. The van der Waals surface area contributed by atoms with Crippen molar-refractivity contribution in [2.24, 2.45) is 0 Å². The molecular weight excluding hydrogens is 462 g/mol. The van der Waals surface area contributed by atoms with E-state index >= 15 is 0 Å². The second-order valence-electron chi connectivity index (χ2n) is 9.93. The molecule has 0 unspecified atom stereocenters. The summed E-state index contributed by atoms with van der Waals surface area (Å²) in [5, 5.41) is 13.9. The highest BCUT2D eigenvalue weighted by molar-refractivity contribution is 5.93. The van der Waals surface area contributed by atoms with Crippen LogP contribution in [0.5, 0.6) is 5.75 Å². The number of fused-ring (bicyclic) bond motifs is 3. The molecule has 6 aromatic rings. The van der Waals surface area contributed by atoms with Crippen molar-refractivity contribution in [3.8, 4) is 5.75 Å². The molecule has 2 nitrogen and oxygen atoms in total. The monoisotopic (exact) mass is 489 g/mol. The zero-order valence-corrected chi connectivity index (χ0v) is 21.2. The van der Waals surface area contributed by atoms with Crippen LogP contribution in [0.1, 0.15) is 27.8 Å². The molecule has 1 N–H and O–H groups in total. The number of hydrogen-bond donors (Lipinski definition) is 1. The Labute approximate surface area is 223 Å². The first-order valence-electron chi connectivity index (χ1n) is 13.0. The average Bonchev–Trinajstić information content (AvgIpc) is 2.97. The molecule has 0 aromatic heterocycles. The van der Waals surface area contributed by atoms with Gasteiger partial charge < -0.3 is 10.0 Å². The van der Waals surface area contributed by atoms with E-state index < -0.39 is 5.41 Å². The van der Waals surface area contributed by atoms with Gasteiger partial charge in [0.05, 0.1) is 16.8 Å². The predicted molar refractivity (Wildman–Crippen MR) is 157 cm³/mol. The molecule has 1 heterocycles. The maximum atomic E-state index is 11.5. The molecule has 0 fully saturated rings. The third kappa shape index (κ3) is 3.07. The molecule has 0 radical (unpaired) electrons. The van der Waals surface area contributed by atoms with E-state index in [1.807, 2.05) is 18.2 Å². The molecule has 1 aliphatic heterocycles. The van der Waals surface area contributed by atoms with Gasteiger partial charge in [0.1, 0.15) is 5.75 Å². The quantitative estimate of drug-likeness (QED) is 0.268. The van der Waals surface area contributed by atoms with E-state index in [0.29, 0.717) is 0 Å². The third-order valence-corrected chi connectivity index (χ3v) is 8.02. The van der Waals surface area contributed by atoms with Gasteiger partial charge in [-0.2, -0.15) is 0 Å². The zero-order chi connectivity index (χ0) is 25.7. The van der Waals surface area contributed by atoms with Crippen LogP contribution in [0.15, 0.2) is 140 Å². The van der Waals surface area contributed by atoms with Gasteiger partial charge in [0.15, 0.2) is 0 Å². The summed E-state index contributed by atoms with van der Waals surface area (Å²) < 4.78 is 0. The summed E-state index contributed by atoms with van der Waals surface area (Å²) in [6.07, 6.45) is 0. The van der Waals surface area contributed by atoms with Crippen LogP contribution in [0.2, 0.25) is 0 Å². The van der Waals surface area contributed by atoms with Gasteiger partial charge >= 0.3 is 0 Å². The van der Waals surface area contributed by atoms with Crippen LogP contribution in [-0.2, 0) is 5.41 Å². The zero-order valence-electron chi connectivity index (χ0n) is 21.2. The number of benzene rings is 6. The van der Waals surface area contributed by atoms with Crippen LogP contribution in [0.25, 0.3) is 10.8 Å². The molecule has 0 saturated heterocycles. The smallest absolute Gasteiger partial charge is 0.120 e. The summed E-state index contributed by atoms with van der Waals surface area (Å²) in [5.74, 6) is 0.290. The Bertz CT molecular complexity index is 1760. The van der Waals surface area contributed by atoms with Crippen LogP contribution in [-0.4, -0.2) is 5.11 Å². The molecule has 2 heteroatoms. The second-order valence-corrected chi connectivity index (χ2v) is 9.93. The molecule has 0 aliphatic carbocycles. The molecule has 0 saturated carbocycles. The highest BCUT2D eigenvalue weighted by Crippen LogP contribution is 2.59. The minimum absolute atomic E-state index is 0.290. The molecule has 38 heavy (non-hydrogen) atoms. The minimum Gasteiger partial charge on any atom is -0.508 e. The van der Waals surface area contributed by atoms with E-state index in [4.69, 9.17) is 0 Å². The van der Waals surface area contributed by atoms with Crippen LogP contribution >= 0.6 is 0 Å². The normalized spacial score (nSPS) is 13.7. The molecular formula is C36H27NO. The molecule has 0 atom stereocenters. The lowest BCUT2D eigenvalue weighted by atomic mass is 9.61. The maximum absolute atomic E-state index is 11.5. The van der Waals surface area contributed by atoms with Gasteiger partial charge in [0, 0.05) is 11.3 Å². The highest BCUT2D eigenvalue weighted by atomic mass is 16.3. The van der Waals surface area contributed by atoms with E-state index in [1.165, 1.54) is 21.9 Å². The van der Waals surface area contributed by atoms with Crippen LogP contribution in [0, 0.1) is 6.92 Å². The first-order valence-corrected chi connectivity index (χ1v) is 13.0. The molecule has 0 bridgehead atoms. The fourth-order valence-electron chi connectivity index (χ4n) is 6.45. The summed E-state index contributed by atoms with van der Waals surface area (Å²) in [4.78, 5) is 2.35. The fraction of sp³-hybridized carbons (Fsp3) is 0.0556. The van der Waals surface area contributed by atoms with E-state index in [9.17, 15) is 5.11 Å². The number of phenols is 1. The number of aromatic hydroxyl groups is 1. The van der Waals surface area contributed by atoms with E-state index in [0.717, 1.165) is 33.8 Å². The van der Waals surface area contributed by atoms with Gasteiger partial charge in [-0.05, 0) is 70.3 Å². The first-order chi connectivity index (χ1) is 18.7. The molecule has 182 valence electrons. The van der Waals surface area contributed by atoms with E-state index in [-0.39, 0.29) is 5.75 Å². The van der Waals surface area contributed by atoms with Gasteiger partial charge in [0.2, 0.25) is 0 Å². The van der Waals surface area contributed by atoms with Gasteiger partial charge in [-0.3, -0.25) is 0 Å². The molecule has 6 aromatic carbocycles. The molecule has 0 spiro atoms. The summed E-state index contributed by atoms with van der Waals surface area (Å²) in [6.45, 7) is 2.22. The van der Waals surface area contributed by atoms with Crippen molar-refractivity contribution in [1.29, 1.82) is 0 Å². The SMILES string of the molecule is Cc1c(C2(c3ccccc3O)c3ccccc3N(c3ccccc3)c3ccccc32)ccc2ccccc12. The van der Waals surface area contributed by atoms with E-state index in [2.05, 4.69) is 133 Å². The largest absolute Gasteiger partial charge is 0.508 e. The Balaban J connectivity index is 1.69. The number of anilines is 3. The predicted octanol–water partition coefficient (Wildman–Crippen LogP) is 9.02. The maximum Gasteiger partial charge on any atom is 0.120 e. The Hall–Kier alpha value is -4.82. The van der Waals surface area contributed by atoms with Crippen molar-refractivity contribution in [1.82, 2.24) is 0 Å². The lowest BCUT2D eigenvalue weighted by molar-refractivity contribution is 0.460. The highest BCUT2D eigenvalue weighted by Gasteiger charge is 2.48. The summed E-state index contributed by atoms with van der Waals surface area (Å²) >= 11 is 0. The van der Waals surface area contributed by atoms with Crippen LogP contribution in [0.4, 0.5) is 17.1 Å². The van der Waals surface area contributed by atoms with Crippen molar-refractivity contribution >= 4 is 27.8 Å². The third-order valence-electron chi connectivity index (χ3n) is 8.02. The van der Waals surface area contributed by atoms with E-state index in [1.54, 1.807) is 0 Å². The van der Waals surface area contributed by atoms with Crippen molar-refractivity contribution in [2.45, 2.75) is 12.3 Å².